The number of aryl methyl sites for hydroxylation is 1. The van der Waals surface area contributed by atoms with E-state index in [1.165, 1.54) is 0 Å². The van der Waals surface area contributed by atoms with Gasteiger partial charge in [0, 0.05) is 52.7 Å². The molecule has 0 fully saturated rings. The van der Waals surface area contributed by atoms with Gasteiger partial charge in [-0.05, 0) is 30.2 Å². The van der Waals surface area contributed by atoms with Gasteiger partial charge >= 0.3 is 6.09 Å². The number of aromatic nitrogens is 2. The molecule has 5 rings (SSSR count). The van der Waals surface area contributed by atoms with Crippen molar-refractivity contribution in [2.75, 3.05) is 0 Å². The molecule has 5 aromatic rings. The third-order valence-electron chi connectivity index (χ3n) is 6.74. The second-order valence-electron chi connectivity index (χ2n) is 9.13. The summed E-state index contributed by atoms with van der Waals surface area (Å²) in [6.07, 6.45) is 3.08. The Hall–Kier alpha value is -4.85. The van der Waals surface area contributed by atoms with E-state index in [2.05, 4.69) is 25.4 Å². The molecule has 8 heteroatoms. The molecule has 2 heterocycles. The van der Waals surface area contributed by atoms with Crippen molar-refractivity contribution in [2.45, 2.75) is 26.0 Å². The van der Waals surface area contributed by atoms with Gasteiger partial charge < -0.3 is 19.6 Å². The lowest BCUT2D eigenvalue weighted by atomic mass is 10.0. The summed E-state index contributed by atoms with van der Waals surface area (Å²) < 4.78 is 7.46. The molecule has 192 valence electrons. The van der Waals surface area contributed by atoms with Crippen molar-refractivity contribution in [2.24, 2.45) is 12.1 Å². The Morgan fingerprint density at radius 2 is 1.71 bits per heavy atom. The fourth-order valence-electron chi connectivity index (χ4n) is 4.59. The molecule has 0 bridgehead atoms. The number of aromatic amines is 1. The summed E-state index contributed by atoms with van der Waals surface area (Å²) in [7, 11) is 2.00. The van der Waals surface area contributed by atoms with Gasteiger partial charge in [0.25, 0.3) is 5.91 Å². The number of H-pyrrole nitrogens is 1. The predicted molar refractivity (Wildman–Crippen MR) is 149 cm³/mol. The lowest BCUT2D eigenvalue weighted by Gasteiger charge is -2.17. The van der Waals surface area contributed by atoms with Crippen LogP contribution in [-0.4, -0.2) is 33.8 Å². The molecule has 0 aliphatic heterocycles. The van der Waals surface area contributed by atoms with Crippen LogP contribution in [0.1, 0.15) is 22.4 Å². The van der Waals surface area contributed by atoms with Crippen molar-refractivity contribution in [3.63, 3.8) is 0 Å². The molecule has 0 radical (unpaired) electrons. The Balaban J connectivity index is 1.33. The predicted octanol–water partition coefficient (Wildman–Crippen LogP) is 4.96. The first-order chi connectivity index (χ1) is 18.5. The van der Waals surface area contributed by atoms with E-state index in [0.717, 1.165) is 44.2 Å². The van der Waals surface area contributed by atoms with Crippen molar-refractivity contribution in [3.8, 4) is 0 Å². The lowest BCUT2D eigenvalue weighted by molar-refractivity contribution is -0.123. The molecule has 2 aromatic heterocycles. The summed E-state index contributed by atoms with van der Waals surface area (Å²) in [5.74, 6) is -0.443. The summed E-state index contributed by atoms with van der Waals surface area (Å²) in [4.78, 5) is 29.1. The van der Waals surface area contributed by atoms with E-state index in [0.29, 0.717) is 0 Å². The zero-order chi connectivity index (χ0) is 26.5. The number of para-hydroxylation sites is 2. The molecule has 0 saturated carbocycles. The summed E-state index contributed by atoms with van der Waals surface area (Å²) >= 11 is 0. The van der Waals surface area contributed by atoms with Gasteiger partial charge in [0.05, 0.1) is 6.21 Å². The molecule has 0 aliphatic carbocycles. The molecule has 0 unspecified atom stereocenters. The summed E-state index contributed by atoms with van der Waals surface area (Å²) in [5, 5.41) is 8.99. The van der Waals surface area contributed by atoms with Crippen LogP contribution in [0.25, 0.3) is 21.8 Å². The molecule has 8 nitrogen and oxygen atoms in total. The molecule has 3 aromatic carbocycles. The SMILES string of the molecule is Cc1c(/C=N\NC(=O)[C@H](Cc2c[nH]c3ccccc23)NC(=O)OCc2ccccc2)c2ccccc2n1C. The van der Waals surface area contributed by atoms with Crippen molar-refractivity contribution < 1.29 is 14.3 Å². The molecule has 3 N–H and O–H groups in total. The Morgan fingerprint density at radius 1 is 1.00 bits per heavy atom. The standard InChI is InChI=1S/C30H29N5O3/c1-20-25(24-13-7-9-15-28(24)35(20)2)18-32-34-29(36)27(16-22-17-31-26-14-8-6-12-23(22)26)33-30(37)38-19-21-10-4-3-5-11-21/h3-15,17-18,27,31H,16,19H2,1-2H3,(H,33,37)(H,34,36)/b32-18-/t27-/m0/s1. The monoisotopic (exact) mass is 507 g/mol. The van der Waals surface area contributed by atoms with Gasteiger partial charge in [-0.25, -0.2) is 10.2 Å². The molecule has 0 spiro atoms. The average Bonchev–Trinajstić information content (AvgIpc) is 3.46. The highest BCUT2D eigenvalue weighted by Crippen LogP contribution is 2.23. The van der Waals surface area contributed by atoms with E-state index in [9.17, 15) is 9.59 Å². The second kappa shape index (κ2) is 11.0. The maximum absolute atomic E-state index is 13.2. The Morgan fingerprint density at radius 3 is 2.53 bits per heavy atom. The van der Waals surface area contributed by atoms with Crippen LogP contribution in [0.4, 0.5) is 4.79 Å². The van der Waals surface area contributed by atoms with Gasteiger partial charge in [-0.2, -0.15) is 5.10 Å². The number of rotatable bonds is 8. The van der Waals surface area contributed by atoms with E-state index >= 15 is 0 Å². The van der Waals surface area contributed by atoms with E-state index in [-0.39, 0.29) is 13.0 Å². The van der Waals surface area contributed by atoms with E-state index in [1.807, 2.05) is 99.0 Å². The number of amides is 2. The van der Waals surface area contributed by atoms with Crippen LogP contribution in [0.2, 0.25) is 0 Å². The van der Waals surface area contributed by atoms with Crippen LogP contribution in [0.3, 0.4) is 0 Å². The number of hydrogen-bond acceptors (Lipinski definition) is 4. The number of benzene rings is 3. The largest absolute Gasteiger partial charge is 0.445 e. The maximum atomic E-state index is 13.2. The number of ether oxygens (including phenoxy) is 1. The number of carbonyl (C=O) groups excluding carboxylic acids is 2. The molecule has 38 heavy (non-hydrogen) atoms. The number of carbonyl (C=O) groups is 2. The van der Waals surface area contributed by atoms with Gasteiger partial charge in [-0.1, -0.05) is 66.7 Å². The molecule has 2 amide bonds. The Kier molecular flexibility index (Phi) is 7.21. The summed E-state index contributed by atoms with van der Waals surface area (Å²) in [6, 6.07) is 24.3. The van der Waals surface area contributed by atoms with E-state index in [4.69, 9.17) is 4.74 Å². The zero-order valence-electron chi connectivity index (χ0n) is 21.3. The number of hydrogen-bond donors (Lipinski definition) is 3. The van der Waals surface area contributed by atoms with Crippen LogP contribution in [-0.2, 0) is 29.6 Å². The van der Waals surface area contributed by atoms with Gasteiger partial charge in [0.1, 0.15) is 12.6 Å². The van der Waals surface area contributed by atoms with Crippen LogP contribution < -0.4 is 10.7 Å². The van der Waals surface area contributed by atoms with Crippen LogP contribution >= 0.6 is 0 Å². The summed E-state index contributed by atoms with van der Waals surface area (Å²) in [6.45, 7) is 2.11. The molecule has 1 atom stereocenters. The molecular formula is C30H29N5O3. The highest BCUT2D eigenvalue weighted by Gasteiger charge is 2.23. The van der Waals surface area contributed by atoms with Gasteiger partial charge in [-0.15, -0.1) is 0 Å². The first kappa shape index (κ1) is 24.8. The van der Waals surface area contributed by atoms with Crippen molar-refractivity contribution in [3.05, 3.63) is 107 Å². The fourth-order valence-corrected chi connectivity index (χ4v) is 4.59. The minimum atomic E-state index is -0.900. The molecule has 0 aliphatic rings. The third-order valence-corrected chi connectivity index (χ3v) is 6.74. The van der Waals surface area contributed by atoms with Crippen molar-refractivity contribution in [1.29, 1.82) is 0 Å². The smallest absolute Gasteiger partial charge is 0.408 e. The number of alkyl carbamates (subject to hydrolysis) is 1. The van der Waals surface area contributed by atoms with Crippen molar-refractivity contribution >= 4 is 40.0 Å². The number of nitrogens with one attached hydrogen (secondary N) is 3. The topological polar surface area (TPSA) is 101 Å². The lowest BCUT2D eigenvalue weighted by Crippen LogP contribution is -2.47. The van der Waals surface area contributed by atoms with E-state index < -0.39 is 18.0 Å². The third kappa shape index (κ3) is 5.29. The second-order valence-corrected chi connectivity index (χ2v) is 9.13. The first-order valence-corrected chi connectivity index (χ1v) is 12.4. The highest BCUT2D eigenvalue weighted by atomic mass is 16.5. The Bertz CT molecular complexity index is 1620. The van der Waals surface area contributed by atoms with Gasteiger partial charge in [0.2, 0.25) is 0 Å². The number of hydrazone groups is 1. The zero-order valence-corrected chi connectivity index (χ0v) is 21.3. The van der Waals surface area contributed by atoms with Gasteiger partial charge in [0.15, 0.2) is 0 Å². The molecular weight excluding hydrogens is 478 g/mol. The minimum Gasteiger partial charge on any atom is -0.445 e. The number of fused-ring (bicyclic) bond motifs is 2. The molecule has 0 saturated heterocycles. The summed E-state index contributed by atoms with van der Waals surface area (Å²) in [5.41, 5.74) is 8.36. The fraction of sp³-hybridized carbons (Fsp3) is 0.167. The van der Waals surface area contributed by atoms with Gasteiger partial charge in [-0.3, -0.25) is 4.79 Å². The van der Waals surface area contributed by atoms with Crippen molar-refractivity contribution in [1.82, 2.24) is 20.3 Å². The van der Waals surface area contributed by atoms with Crippen LogP contribution in [0, 0.1) is 6.92 Å². The number of nitrogens with zero attached hydrogens (tertiary/aromatic N) is 2. The minimum absolute atomic E-state index is 0.104. The maximum Gasteiger partial charge on any atom is 0.408 e. The quantitative estimate of drug-likeness (QED) is 0.205. The van der Waals surface area contributed by atoms with E-state index in [1.54, 1.807) is 6.21 Å². The van der Waals surface area contributed by atoms with Crippen LogP contribution in [0.5, 0.6) is 0 Å². The Labute approximate surface area is 220 Å². The normalized spacial score (nSPS) is 12.2. The first-order valence-electron chi connectivity index (χ1n) is 12.4. The average molecular weight is 508 g/mol. The highest BCUT2D eigenvalue weighted by molar-refractivity contribution is 6.01. The van der Waals surface area contributed by atoms with Crippen LogP contribution in [0.15, 0.2) is 90.2 Å².